The molecule has 5 heteroatoms. The number of benzene rings is 1. The van der Waals surface area contributed by atoms with E-state index in [4.69, 9.17) is 0 Å². The van der Waals surface area contributed by atoms with Gasteiger partial charge in [0.15, 0.2) is 0 Å². The molecule has 1 atom stereocenters. The van der Waals surface area contributed by atoms with Crippen molar-refractivity contribution in [2.75, 3.05) is 13.1 Å². The number of hydrogen-bond acceptors (Lipinski definition) is 4. The summed E-state index contributed by atoms with van der Waals surface area (Å²) in [6.07, 6.45) is 3.62. The molecule has 1 N–H and O–H groups in total. The summed E-state index contributed by atoms with van der Waals surface area (Å²) in [6, 6.07) is 9.85. The third-order valence-electron chi connectivity index (χ3n) is 4.47. The molecule has 0 bridgehead atoms. The van der Waals surface area contributed by atoms with Crippen LogP contribution in [0.5, 0.6) is 0 Å². The van der Waals surface area contributed by atoms with Gasteiger partial charge in [-0.3, -0.25) is 9.69 Å². The van der Waals surface area contributed by atoms with E-state index in [-0.39, 0.29) is 5.91 Å². The predicted octanol–water partition coefficient (Wildman–Crippen LogP) is 3.24. The highest BCUT2D eigenvalue weighted by Gasteiger charge is 2.24. The largest absolute Gasteiger partial charge is 0.350 e. The summed E-state index contributed by atoms with van der Waals surface area (Å²) < 4.78 is 0. The van der Waals surface area contributed by atoms with Crippen LogP contribution in [-0.4, -0.2) is 34.9 Å². The number of nitrogens with one attached hydrogen (secondary N) is 1. The van der Waals surface area contributed by atoms with Gasteiger partial charge in [0.05, 0.1) is 11.2 Å². The van der Waals surface area contributed by atoms with E-state index in [1.807, 2.05) is 35.8 Å². The number of nitrogens with zero attached hydrogens (tertiary/aromatic N) is 2. The lowest BCUT2D eigenvalue weighted by atomic mass is 10.0. The van der Waals surface area contributed by atoms with Crippen molar-refractivity contribution in [2.24, 2.45) is 0 Å². The number of carbonyl (C=O) groups excluding carboxylic acids is 1. The van der Waals surface area contributed by atoms with E-state index in [2.05, 4.69) is 22.1 Å². The van der Waals surface area contributed by atoms with Gasteiger partial charge in [-0.15, -0.1) is 11.3 Å². The lowest BCUT2D eigenvalue weighted by Crippen LogP contribution is -2.46. The first-order valence-corrected chi connectivity index (χ1v) is 9.08. The SMILES string of the molecule is Cc1ncsc1CN1CCCC[C@@H]1CNC(=O)c1ccccc1. The van der Waals surface area contributed by atoms with E-state index < -0.39 is 0 Å². The monoisotopic (exact) mass is 329 g/mol. The van der Waals surface area contributed by atoms with Gasteiger partial charge in [-0.2, -0.15) is 0 Å². The summed E-state index contributed by atoms with van der Waals surface area (Å²) >= 11 is 1.73. The van der Waals surface area contributed by atoms with Crippen molar-refractivity contribution in [2.45, 2.75) is 38.8 Å². The number of aromatic nitrogens is 1. The number of carbonyl (C=O) groups is 1. The Bertz CT molecular complexity index is 641. The van der Waals surface area contributed by atoms with Crippen LogP contribution in [0.1, 0.15) is 40.2 Å². The molecule has 0 unspecified atom stereocenters. The van der Waals surface area contributed by atoms with Crippen molar-refractivity contribution in [3.63, 3.8) is 0 Å². The molecule has 122 valence electrons. The third-order valence-corrected chi connectivity index (χ3v) is 5.39. The minimum absolute atomic E-state index is 0.0186. The molecular formula is C18H23N3OS. The van der Waals surface area contributed by atoms with Gasteiger partial charge in [0.2, 0.25) is 0 Å². The first-order valence-electron chi connectivity index (χ1n) is 8.20. The number of aryl methyl sites for hydroxylation is 1. The Balaban J connectivity index is 1.58. The van der Waals surface area contributed by atoms with E-state index in [1.165, 1.54) is 17.7 Å². The smallest absolute Gasteiger partial charge is 0.251 e. The Hall–Kier alpha value is -1.72. The molecule has 3 rings (SSSR count). The van der Waals surface area contributed by atoms with E-state index >= 15 is 0 Å². The van der Waals surface area contributed by atoms with Crippen molar-refractivity contribution >= 4 is 17.2 Å². The Morgan fingerprint density at radius 2 is 2.17 bits per heavy atom. The maximum atomic E-state index is 12.2. The number of piperidine rings is 1. The summed E-state index contributed by atoms with van der Waals surface area (Å²) in [7, 11) is 0. The van der Waals surface area contributed by atoms with Crippen LogP contribution in [-0.2, 0) is 6.54 Å². The maximum absolute atomic E-state index is 12.2. The van der Waals surface area contributed by atoms with Gasteiger partial charge in [-0.05, 0) is 38.4 Å². The highest BCUT2D eigenvalue weighted by atomic mass is 32.1. The molecule has 1 fully saturated rings. The van der Waals surface area contributed by atoms with Gasteiger partial charge >= 0.3 is 0 Å². The topological polar surface area (TPSA) is 45.2 Å². The molecule has 1 amide bonds. The lowest BCUT2D eigenvalue weighted by molar-refractivity contribution is 0.0908. The second kappa shape index (κ2) is 7.70. The number of thiazole rings is 1. The maximum Gasteiger partial charge on any atom is 0.251 e. The van der Waals surface area contributed by atoms with Crippen molar-refractivity contribution in [3.8, 4) is 0 Å². The van der Waals surface area contributed by atoms with E-state index in [9.17, 15) is 4.79 Å². The molecule has 1 saturated heterocycles. The minimum Gasteiger partial charge on any atom is -0.350 e. The molecule has 0 radical (unpaired) electrons. The van der Waals surface area contributed by atoms with Crippen LogP contribution in [0, 0.1) is 6.92 Å². The van der Waals surface area contributed by atoms with Crippen molar-refractivity contribution in [1.82, 2.24) is 15.2 Å². The molecule has 0 spiro atoms. The normalized spacial score (nSPS) is 18.7. The van der Waals surface area contributed by atoms with Crippen LogP contribution in [0.4, 0.5) is 0 Å². The quantitative estimate of drug-likeness (QED) is 0.916. The van der Waals surface area contributed by atoms with Crippen LogP contribution >= 0.6 is 11.3 Å². The molecule has 1 aromatic heterocycles. The standard InChI is InChI=1S/C18H23N3OS/c1-14-17(23-13-20-14)12-21-10-6-5-9-16(21)11-19-18(22)15-7-3-2-4-8-15/h2-4,7-8,13,16H,5-6,9-12H2,1H3,(H,19,22)/t16-/m1/s1. The summed E-state index contributed by atoms with van der Waals surface area (Å²) in [5, 5.41) is 3.10. The number of rotatable bonds is 5. The van der Waals surface area contributed by atoms with Crippen molar-refractivity contribution < 1.29 is 4.79 Å². The number of hydrogen-bond donors (Lipinski definition) is 1. The molecule has 0 aliphatic carbocycles. The second-order valence-electron chi connectivity index (χ2n) is 6.06. The zero-order chi connectivity index (χ0) is 16.1. The molecule has 2 heterocycles. The van der Waals surface area contributed by atoms with Gasteiger partial charge in [0, 0.05) is 29.6 Å². The minimum atomic E-state index is 0.0186. The second-order valence-corrected chi connectivity index (χ2v) is 7.00. The third kappa shape index (κ3) is 4.18. The zero-order valence-corrected chi connectivity index (χ0v) is 14.3. The first-order chi connectivity index (χ1) is 11.2. The summed E-state index contributed by atoms with van der Waals surface area (Å²) in [6.45, 7) is 4.83. The summed E-state index contributed by atoms with van der Waals surface area (Å²) in [5.74, 6) is 0.0186. The fourth-order valence-corrected chi connectivity index (χ4v) is 3.87. The molecular weight excluding hydrogens is 306 g/mol. The average molecular weight is 329 g/mol. The van der Waals surface area contributed by atoms with Crippen LogP contribution < -0.4 is 5.32 Å². The fraction of sp³-hybridized carbons (Fsp3) is 0.444. The summed E-state index contributed by atoms with van der Waals surface area (Å²) in [5.41, 5.74) is 3.78. The van der Waals surface area contributed by atoms with E-state index in [0.717, 1.165) is 30.8 Å². The fourth-order valence-electron chi connectivity index (χ4n) is 3.06. The van der Waals surface area contributed by atoms with Gasteiger partial charge in [0.1, 0.15) is 0 Å². The molecule has 1 aromatic carbocycles. The highest BCUT2D eigenvalue weighted by molar-refractivity contribution is 7.09. The van der Waals surface area contributed by atoms with E-state index in [0.29, 0.717) is 12.6 Å². The molecule has 1 aliphatic heterocycles. The first kappa shape index (κ1) is 16.1. The highest BCUT2D eigenvalue weighted by Crippen LogP contribution is 2.22. The summed E-state index contributed by atoms with van der Waals surface area (Å²) in [4.78, 5) is 20.4. The van der Waals surface area contributed by atoms with Gasteiger partial charge in [0.25, 0.3) is 5.91 Å². The molecule has 2 aromatic rings. The Morgan fingerprint density at radius 1 is 1.35 bits per heavy atom. The van der Waals surface area contributed by atoms with Crippen molar-refractivity contribution in [1.29, 1.82) is 0 Å². The molecule has 4 nitrogen and oxygen atoms in total. The molecule has 1 aliphatic rings. The van der Waals surface area contributed by atoms with Gasteiger partial charge in [-0.1, -0.05) is 24.6 Å². The Labute approximate surface area is 141 Å². The van der Waals surface area contributed by atoms with Crippen LogP contribution in [0.2, 0.25) is 0 Å². The van der Waals surface area contributed by atoms with Crippen molar-refractivity contribution in [3.05, 3.63) is 52.0 Å². The van der Waals surface area contributed by atoms with E-state index in [1.54, 1.807) is 11.3 Å². The Morgan fingerprint density at radius 3 is 2.91 bits per heavy atom. The Kier molecular flexibility index (Phi) is 5.41. The predicted molar refractivity (Wildman–Crippen MR) is 93.7 cm³/mol. The molecule has 23 heavy (non-hydrogen) atoms. The molecule has 0 saturated carbocycles. The average Bonchev–Trinajstić information content (AvgIpc) is 2.99. The van der Waals surface area contributed by atoms with Gasteiger partial charge < -0.3 is 5.32 Å². The van der Waals surface area contributed by atoms with Crippen LogP contribution in [0.3, 0.4) is 0 Å². The van der Waals surface area contributed by atoms with Crippen LogP contribution in [0.15, 0.2) is 35.8 Å². The van der Waals surface area contributed by atoms with Crippen LogP contribution in [0.25, 0.3) is 0 Å². The number of likely N-dealkylation sites (tertiary alicyclic amines) is 1. The van der Waals surface area contributed by atoms with Gasteiger partial charge in [-0.25, -0.2) is 4.98 Å². The zero-order valence-electron chi connectivity index (χ0n) is 13.5. The lowest BCUT2D eigenvalue weighted by Gasteiger charge is -2.35. The number of amides is 1.